The van der Waals surface area contributed by atoms with Gasteiger partial charge in [-0.15, -0.1) is 0 Å². The summed E-state index contributed by atoms with van der Waals surface area (Å²) in [4.78, 5) is 26.7. The highest BCUT2D eigenvalue weighted by atomic mass is 35.5. The number of likely N-dealkylation sites (tertiary alicyclic amines) is 1. The number of nitrogens with one attached hydrogen (secondary N) is 1. The first-order valence-corrected chi connectivity index (χ1v) is 10.0. The van der Waals surface area contributed by atoms with Crippen molar-refractivity contribution in [2.45, 2.75) is 45.2 Å². The zero-order valence-corrected chi connectivity index (χ0v) is 17.2. The van der Waals surface area contributed by atoms with Crippen molar-refractivity contribution in [1.29, 1.82) is 0 Å². The summed E-state index contributed by atoms with van der Waals surface area (Å²) in [5.41, 5.74) is 0.347. The molecule has 1 aliphatic heterocycles. The normalized spacial score (nSPS) is 19.0. The number of nitrogens with zero attached hydrogens (tertiary/aromatic N) is 1. The van der Waals surface area contributed by atoms with Crippen molar-refractivity contribution in [2.24, 2.45) is 0 Å². The van der Waals surface area contributed by atoms with Gasteiger partial charge in [-0.25, -0.2) is 4.39 Å². The number of amides is 2. The Hall–Kier alpha value is -2.60. The van der Waals surface area contributed by atoms with Crippen molar-refractivity contribution in [3.63, 3.8) is 0 Å². The molecule has 3 rings (SSSR count). The van der Waals surface area contributed by atoms with E-state index in [0.717, 1.165) is 19.3 Å². The minimum atomic E-state index is -0.567. The van der Waals surface area contributed by atoms with Gasteiger partial charge in [-0.2, -0.15) is 0 Å². The summed E-state index contributed by atoms with van der Waals surface area (Å²) in [6.45, 7) is 4.07. The maximum atomic E-state index is 13.8. The quantitative estimate of drug-likeness (QED) is 0.751. The minimum absolute atomic E-state index is 0.0122. The van der Waals surface area contributed by atoms with Crippen LogP contribution in [0.2, 0.25) is 5.02 Å². The lowest BCUT2D eigenvalue weighted by Gasteiger charge is -2.38. The number of halogens is 2. The topological polar surface area (TPSA) is 58.6 Å². The maximum Gasteiger partial charge on any atom is 0.260 e. The second-order valence-electron chi connectivity index (χ2n) is 7.32. The molecule has 0 radical (unpaired) electrons. The summed E-state index contributed by atoms with van der Waals surface area (Å²) < 4.78 is 19.4. The molecule has 1 aliphatic rings. The molecule has 2 aromatic rings. The molecule has 154 valence electrons. The Bertz CT molecular complexity index is 878. The highest BCUT2D eigenvalue weighted by Gasteiger charge is 2.28. The molecule has 0 aromatic heterocycles. The van der Waals surface area contributed by atoms with Crippen LogP contribution in [0.4, 0.5) is 10.1 Å². The molecule has 2 atom stereocenters. The Morgan fingerprint density at radius 1 is 1.14 bits per heavy atom. The van der Waals surface area contributed by atoms with Gasteiger partial charge in [0.1, 0.15) is 11.6 Å². The van der Waals surface area contributed by atoms with Crippen LogP contribution in [0.15, 0.2) is 42.5 Å². The number of carbonyl (C=O) groups is 2. The standard InChI is InChI=1S/C22H24ClFN2O3/c1-14-4-3-5-15(2)26(14)21(27)13-29-18-9-6-16(7-10-18)22(28)25-20-12-17(23)8-11-19(20)24/h6-12,14-15H,3-5,13H2,1-2H3,(H,25,28). The summed E-state index contributed by atoms with van der Waals surface area (Å²) in [6.07, 6.45) is 3.15. The highest BCUT2D eigenvalue weighted by molar-refractivity contribution is 6.31. The van der Waals surface area contributed by atoms with Crippen LogP contribution in [-0.2, 0) is 4.79 Å². The number of ether oxygens (including phenoxy) is 1. The second kappa shape index (κ2) is 9.27. The lowest BCUT2D eigenvalue weighted by atomic mass is 9.97. The number of piperidine rings is 1. The number of rotatable bonds is 5. The van der Waals surface area contributed by atoms with Crippen molar-refractivity contribution in [2.75, 3.05) is 11.9 Å². The van der Waals surface area contributed by atoms with Crippen molar-refractivity contribution in [1.82, 2.24) is 4.90 Å². The highest BCUT2D eigenvalue weighted by Crippen LogP contribution is 2.23. The van der Waals surface area contributed by atoms with Crippen LogP contribution in [-0.4, -0.2) is 35.4 Å². The van der Waals surface area contributed by atoms with E-state index in [1.165, 1.54) is 18.2 Å². The Balaban J connectivity index is 1.57. The Morgan fingerprint density at radius 3 is 2.45 bits per heavy atom. The molecule has 7 heteroatoms. The van der Waals surface area contributed by atoms with E-state index in [9.17, 15) is 14.0 Å². The fraction of sp³-hybridized carbons (Fsp3) is 0.364. The van der Waals surface area contributed by atoms with Crippen LogP contribution in [0.3, 0.4) is 0 Å². The maximum absolute atomic E-state index is 13.8. The predicted octanol–water partition coefficient (Wildman–Crippen LogP) is 4.90. The predicted molar refractivity (Wildman–Crippen MR) is 111 cm³/mol. The molecule has 0 saturated carbocycles. The Labute approximate surface area is 174 Å². The number of anilines is 1. The van der Waals surface area contributed by atoms with Crippen LogP contribution in [0, 0.1) is 5.82 Å². The fourth-order valence-electron chi connectivity index (χ4n) is 3.62. The van der Waals surface area contributed by atoms with Gasteiger partial charge in [0.2, 0.25) is 0 Å². The number of carbonyl (C=O) groups excluding carboxylic acids is 2. The molecule has 1 N–H and O–H groups in total. The van der Waals surface area contributed by atoms with E-state index in [1.807, 2.05) is 4.90 Å². The second-order valence-corrected chi connectivity index (χ2v) is 7.76. The molecule has 29 heavy (non-hydrogen) atoms. The average molecular weight is 419 g/mol. The molecule has 1 saturated heterocycles. The van der Waals surface area contributed by atoms with Crippen molar-refractivity contribution < 1.29 is 18.7 Å². The molecular weight excluding hydrogens is 395 g/mol. The molecule has 2 aromatic carbocycles. The van der Waals surface area contributed by atoms with Gasteiger partial charge < -0.3 is 15.0 Å². The van der Waals surface area contributed by atoms with E-state index in [-0.39, 0.29) is 30.3 Å². The van der Waals surface area contributed by atoms with E-state index in [4.69, 9.17) is 16.3 Å². The van der Waals surface area contributed by atoms with Crippen LogP contribution < -0.4 is 10.1 Å². The van der Waals surface area contributed by atoms with Crippen molar-refractivity contribution in [3.8, 4) is 5.75 Å². The van der Waals surface area contributed by atoms with Crippen LogP contribution in [0.25, 0.3) is 0 Å². The van der Waals surface area contributed by atoms with Gasteiger partial charge in [-0.3, -0.25) is 9.59 Å². The Kier molecular flexibility index (Phi) is 6.75. The van der Waals surface area contributed by atoms with Crippen LogP contribution in [0.1, 0.15) is 43.5 Å². The molecular formula is C22H24ClFN2O3. The molecule has 2 unspecified atom stereocenters. The zero-order chi connectivity index (χ0) is 21.0. The first-order chi connectivity index (χ1) is 13.8. The lowest BCUT2D eigenvalue weighted by molar-refractivity contribution is -0.139. The van der Waals surface area contributed by atoms with Crippen LogP contribution >= 0.6 is 11.6 Å². The zero-order valence-electron chi connectivity index (χ0n) is 16.5. The molecule has 0 aliphatic carbocycles. The first-order valence-electron chi connectivity index (χ1n) is 9.65. The van der Waals surface area contributed by atoms with E-state index >= 15 is 0 Å². The van der Waals surface area contributed by atoms with Crippen LogP contribution in [0.5, 0.6) is 5.75 Å². The molecule has 2 amide bonds. The van der Waals surface area contributed by atoms with Gasteiger partial charge in [0.05, 0.1) is 5.69 Å². The minimum Gasteiger partial charge on any atom is -0.484 e. The first kappa shape index (κ1) is 21.1. The van der Waals surface area contributed by atoms with E-state index in [1.54, 1.807) is 24.3 Å². The largest absolute Gasteiger partial charge is 0.484 e. The SMILES string of the molecule is CC1CCCC(C)N1C(=O)COc1ccc(C(=O)Nc2cc(Cl)ccc2F)cc1. The van der Waals surface area contributed by atoms with Gasteiger partial charge in [0.25, 0.3) is 11.8 Å². The van der Waals surface area contributed by atoms with Gasteiger partial charge >= 0.3 is 0 Å². The van der Waals surface area contributed by atoms with Gasteiger partial charge in [-0.05, 0) is 75.6 Å². The average Bonchev–Trinajstić information content (AvgIpc) is 2.69. The van der Waals surface area contributed by atoms with Gasteiger partial charge in [0.15, 0.2) is 6.61 Å². The van der Waals surface area contributed by atoms with Crippen molar-refractivity contribution in [3.05, 3.63) is 58.9 Å². The number of benzene rings is 2. The van der Waals surface area contributed by atoms with E-state index in [0.29, 0.717) is 16.3 Å². The summed E-state index contributed by atoms with van der Waals surface area (Å²) in [5.74, 6) is -0.587. The smallest absolute Gasteiger partial charge is 0.260 e. The third kappa shape index (κ3) is 5.26. The third-order valence-corrected chi connectivity index (χ3v) is 5.37. The molecule has 1 heterocycles. The summed E-state index contributed by atoms with van der Waals surface area (Å²) in [5, 5.41) is 2.82. The summed E-state index contributed by atoms with van der Waals surface area (Å²) in [7, 11) is 0. The van der Waals surface area contributed by atoms with Gasteiger partial charge in [-0.1, -0.05) is 11.6 Å². The van der Waals surface area contributed by atoms with Gasteiger partial charge in [0, 0.05) is 22.7 Å². The molecule has 5 nitrogen and oxygen atoms in total. The van der Waals surface area contributed by atoms with E-state index in [2.05, 4.69) is 19.2 Å². The Morgan fingerprint density at radius 2 is 1.79 bits per heavy atom. The molecule has 1 fully saturated rings. The number of hydrogen-bond donors (Lipinski definition) is 1. The third-order valence-electron chi connectivity index (χ3n) is 5.14. The lowest BCUT2D eigenvalue weighted by Crippen LogP contribution is -2.49. The fourth-order valence-corrected chi connectivity index (χ4v) is 3.79. The molecule has 0 bridgehead atoms. The monoisotopic (exact) mass is 418 g/mol. The van der Waals surface area contributed by atoms with E-state index < -0.39 is 11.7 Å². The van der Waals surface area contributed by atoms with Crippen molar-refractivity contribution >= 4 is 29.1 Å². The number of hydrogen-bond acceptors (Lipinski definition) is 3. The summed E-state index contributed by atoms with van der Waals surface area (Å²) >= 11 is 5.84. The summed E-state index contributed by atoms with van der Waals surface area (Å²) in [6, 6.07) is 10.7. The molecule has 0 spiro atoms.